The molecule has 1 aliphatic rings. The predicted octanol–water partition coefficient (Wildman–Crippen LogP) is 2.65. The fraction of sp³-hybridized carbons (Fsp3) is 0.250. The van der Waals surface area contributed by atoms with Gasteiger partial charge >= 0.3 is 5.97 Å². The van der Waals surface area contributed by atoms with E-state index in [0.29, 0.717) is 24.5 Å². The van der Waals surface area contributed by atoms with Crippen molar-refractivity contribution in [1.29, 1.82) is 5.26 Å². The summed E-state index contributed by atoms with van der Waals surface area (Å²) < 4.78 is 29.5. The van der Waals surface area contributed by atoms with E-state index >= 15 is 0 Å². The number of morpholine rings is 1. The molecule has 0 unspecified atom stereocenters. The number of carbonyl (C=O) groups is 1. The number of hydrogen-bond acceptors (Lipinski definition) is 8. The Balaban J connectivity index is 0.000000203. The SMILES string of the molecule is CS(=O)(=O)N(CC#N)c1ccc(-c2ccncn2)cc1.O=C(O)c1ccccc1N1CCOCC1. The molecule has 1 N–H and O–H groups in total. The molecule has 11 heteroatoms. The van der Waals surface area contributed by atoms with Crippen LogP contribution >= 0.6 is 0 Å². The van der Waals surface area contributed by atoms with Crippen molar-refractivity contribution in [3.8, 4) is 17.3 Å². The Morgan fingerprint density at radius 3 is 2.40 bits per heavy atom. The first-order valence-corrected chi connectivity index (χ1v) is 12.5. The van der Waals surface area contributed by atoms with Crippen LogP contribution in [-0.2, 0) is 14.8 Å². The molecule has 1 saturated heterocycles. The van der Waals surface area contributed by atoms with E-state index in [4.69, 9.17) is 15.1 Å². The highest BCUT2D eigenvalue weighted by Gasteiger charge is 2.18. The van der Waals surface area contributed by atoms with Crippen LogP contribution in [0.25, 0.3) is 11.3 Å². The number of rotatable bonds is 6. The number of sulfonamides is 1. The van der Waals surface area contributed by atoms with E-state index in [2.05, 4.69) is 9.97 Å². The zero-order valence-corrected chi connectivity index (χ0v) is 19.9. The second-order valence-electron chi connectivity index (χ2n) is 7.49. The number of benzene rings is 2. The molecule has 182 valence electrons. The number of nitrogens with zero attached hydrogens (tertiary/aromatic N) is 5. The third-order valence-corrected chi connectivity index (χ3v) is 6.27. The van der Waals surface area contributed by atoms with Gasteiger partial charge in [0.25, 0.3) is 0 Å². The average Bonchev–Trinajstić information content (AvgIpc) is 2.88. The smallest absolute Gasteiger partial charge is 0.337 e. The van der Waals surface area contributed by atoms with Gasteiger partial charge in [0.05, 0.1) is 48.2 Å². The van der Waals surface area contributed by atoms with Crippen molar-refractivity contribution in [2.24, 2.45) is 0 Å². The Labute approximate surface area is 204 Å². The van der Waals surface area contributed by atoms with Gasteiger partial charge in [-0.1, -0.05) is 24.3 Å². The van der Waals surface area contributed by atoms with E-state index in [9.17, 15) is 13.2 Å². The molecule has 0 bridgehead atoms. The Morgan fingerprint density at radius 2 is 1.83 bits per heavy atom. The summed E-state index contributed by atoms with van der Waals surface area (Å²) >= 11 is 0. The summed E-state index contributed by atoms with van der Waals surface area (Å²) in [5.41, 5.74) is 3.19. The molecule has 1 aliphatic heterocycles. The number of ether oxygens (including phenoxy) is 1. The van der Waals surface area contributed by atoms with Crippen molar-refractivity contribution < 1.29 is 23.1 Å². The van der Waals surface area contributed by atoms with Crippen LogP contribution in [0, 0.1) is 11.3 Å². The lowest BCUT2D eigenvalue weighted by Crippen LogP contribution is -2.37. The van der Waals surface area contributed by atoms with Gasteiger partial charge in [0.15, 0.2) is 0 Å². The first kappa shape index (κ1) is 25.6. The van der Waals surface area contributed by atoms with Gasteiger partial charge in [-0.05, 0) is 30.3 Å². The maximum absolute atomic E-state index is 11.6. The predicted molar refractivity (Wildman–Crippen MR) is 132 cm³/mol. The molecule has 10 nitrogen and oxygen atoms in total. The Hall–Kier alpha value is -4.01. The largest absolute Gasteiger partial charge is 0.478 e. The molecule has 0 spiro atoms. The Bertz CT molecular complexity index is 1270. The summed E-state index contributed by atoms with van der Waals surface area (Å²) in [7, 11) is -3.47. The third kappa shape index (κ3) is 6.99. The zero-order valence-electron chi connectivity index (χ0n) is 19.1. The van der Waals surface area contributed by atoms with E-state index in [1.165, 1.54) is 6.33 Å². The lowest BCUT2D eigenvalue weighted by molar-refractivity contribution is 0.0696. The summed E-state index contributed by atoms with van der Waals surface area (Å²) in [5.74, 6) is -0.878. The van der Waals surface area contributed by atoms with Crippen LogP contribution in [0.5, 0.6) is 0 Å². The van der Waals surface area contributed by atoms with Crippen molar-refractivity contribution in [3.05, 3.63) is 72.7 Å². The highest BCUT2D eigenvalue weighted by Crippen LogP contribution is 2.23. The summed E-state index contributed by atoms with van der Waals surface area (Å²) in [6, 6.07) is 17.5. The molecule has 0 radical (unpaired) electrons. The van der Waals surface area contributed by atoms with Gasteiger partial charge in [0.1, 0.15) is 12.9 Å². The number of para-hydroxylation sites is 1. The van der Waals surface area contributed by atoms with E-state index in [1.54, 1.807) is 48.7 Å². The number of aromatic nitrogens is 2. The lowest BCUT2D eigenvalue weighted by atomic mass is 10.1. The summed E-state index contributed by atoms with van der Waals surface area (Å²) in [6.45, 7) is 2.61. The van der Waals surface area contributed by atoms with Gasteiger partial charge < -0.3 is 14.7 Å². The Kier molecular flexibility index (Phi) is 8.72. The standard InChI is InChI=1S/C13H12N4O2S.C11H13NO3/c1-20(18,19)17(9-7-14)12-4-2-11(3-5-12)13-6-8-15-10-16-13;13-11(14)9-3-1-2-4-10(9)12-5-7-15-8-6-12/h2-6,8,10H,9H2,1H3;1-4H,5-8H2,(H,13,14). The van der Waals surface area contributed by atoms with Gasteiger partial charge in [0.2, 0.25) is 10.0 Å². The normalized spacial score (nSPS) is 13.2. The fourth-order valence-corrected chi connectivity index (χ4v) is 4.26. The Morgan fingerprint density at radius 1 is 1.14 bits per heavy atom. The summed E-state index contributed by atoms with van der Waals surface area (Å²) in [4.78, 5) is 21.0. The van der Waals surface area contributed by atoms with Crippen molar-refractivity contribution in [1.82, 2.24) is 9.97 Å². The number of nitriles is 1. The molecule has 0 atom stereocenters. The highest BCUT2D eigenvalue weighted by molar-refractivity contribution is 7.92. The van der Waals surface area contributed by atoms with Crippen LogP contribution < -0.4 is 9.21 Å². The molecule has 4 rings (SSSR count). The molecule has 0 amide bonds. The number of anilines is 2. The molecule has 0 aliphatic carbocycles. The molecule has 2 aromatic carbocycles. The van der Waals surface area contributed by atoms with E-state index < -0.39 is 16.0 Å². The molecule has 0 saturated carbocycles. The summed E-state index contributed by atoms with van der Waals surface area (Å²) in [6.07, 6.45) is 4.15. The van der Waals surface area contributed by atoms with Crippen LogP contribution in [0.15, 0.2) is 67.1 Å². The van der Waals surface area contributed by atoms with Crippen LogP contribution in [0.4, 0.5) is 11.4 Å². The third-order valence-electron chi connectivity index (χ3n) is 5.13. The average molecular weight is 496 g/mol. The van der Waals surface area contributed by atoms with Crippen molar-refractivity contribution in [2.75, 3.05) is 48.3 Å². The lowest BCUT2D eigenvalue weighted by Gasteiger charge is -2.29. The maximum Gasteiger partial charge on any atom is 0.337 e. The number of carboxylic acid groups (broad SMARTS) is 1. The number of aromatic carboxylic acids is 1. The minimum absolute atomic E-state index is 0.217. The van der Waals surface area contributed by atoms with Gasteiger partial charge in [-0.3, -0.25) is 4.31 Å². The summed E-state index contributed by atoms with van der Waals surface area (Å²) in [5, 5.41) is 17.8. The minimum Gasteiger partial charge on any atom is -0.478 e. The van der Waals surface area contributed by atoms with Gasteiger partial charge in [-0.2, -0.15) is 5.26 Å². The van der Waals surface area contributed by atoms with Crippen molar-refractivity contribution >= 4 is 27.4 Å². The second kappa shape index (κ2) is 11.9. The van der Waals surface area contributed by atoms with Gasteiger partial charge in [-0.25, -0.2) is 23.2 Å². The van der Waals surface area contributed by atoms with E-state index in [-0.39, 0.29) is 6.54 Å². The minimum atomic E-state index is -3.47. The highest BCUT2D eigenvalue weighted by atomic mass is 32.2. The van der Waals surface area contributed by atoms with Gasteiger partial charge in [0, 0.05) is 24.8 Å². The second-order valence-corrected chi connectivity index (χ2v) is 9.40. The monoisotopic (exact) mass is 495 g/mol. The first-order chi connectivity index (χ1) is 16.8. The molecule has 1 fully saturated rings. The first-order valence-electron chi connectivity index (χ1n) is 10.7. The molecule has 35 heavy (non-hydrogen) atoms. The van der Waals surface area contributed by atoms with Crippen LogP contribution in [-0.4, -0.2) is 68.6 Å². The molecular weight excluding hydrogens is 470 g/mol. The quantitative estimate of drug-likeness (QED) is 0.512. The number of hydrogen-bond donors (Lipinski definition) is 1. The van der Waals surface area contributed by atoms with Gasteiger partial charge in [-0.15, -0.1) is 0 Å². The molecule has 1 aromatic heterocycles. The fourth-order valence-electron chi connectivity index (χ4n) is 3.46. The van der Waals surface area contributed by atoms with Crippen LogP contribution in [0.1, 0.15) is 10.4 Å². The number of carboxylic acids is 1. The molecular formula is C24H25N5O5S. The van der Waals surface area contributed by atoms with Crippen LogP contribution in [0.2, 0.25) is 0 Å². The maximum atomic E-state index is 11.6. The van der Waals surface area contributed by atoms with Crippen molar-refractivity contribution in [2.45, 2.75) is 0 Å². The zero-order chi connectivity index (χ0) is 25.3. The van der Waals surface area contributed by atoms with Crippen molar-refractivity contribution in [3.63, 3.8) is 0 Å². The van der Waals surface area contributed by atoms with Crippen LogP contribution in [0.3, 0.4) is 0 Å². The molecule has 3 aromatic rings. The molecule has 2 heterocycles. The van der Waals surface area contributed by atoms with E-state index in [0.717, 1.165) is 40.6 Å². The topological polar surface area (TPSA) is 137 Å². The van der Waals surface area contributed by atoms with E-state index in [1.807, 2.05) is 23.1 Å².